The van der Waals surface area contributed by atoms with Crippen LogP contribution in [0.25, 0.3) is 11.1 Å². The normalized spacial score (nSPS) is 14.7. The zero-order chi connectivity index (χ0) is 12.4. The van der Waals surface area contributed by atoms with E-state index in [-0.39, 0.29) is 0 Å². The van der Waals surface area contributed by atoms with Crippen molar-refractivity contribution in [3.05, 3.63) is 59.7 Å². The Morgan fingerprint density at radius 3 is 2.56 bits per heavy atom. The van der Waals surface area contributed by atoms with Crippen LogP contribution < -0.4 is 5.32 Å². The molecule has 0 amide bonds. The summed E-state index contributed by atoms with van der Waals surface area (Å²) in [4.78, 5) is 0. The number of hydrogen-bond acceptors (Lipinski definition) is 1. The van der Waals surface area contributed by atoms with Crippen LogP contribution in [0.4, 0.5) is 0 Å². The molecule has 0 aromatic heterocycles. The Morgan fingerprint density at radius 2 is 1.83 bits per heavy atom. The van der Waals surface area contributed by atoms with Gasteiger partial charge < -0.3 is 5.32 Å². The van der Waals surface area contributed by atoms with Gasteiger partial charge in [-0.05, 0) is 48.1 Å². The second kappa shape index (κ2) is 4.95. The van der Waals surface area contributed by atoms with Crippen LogP contribution in [-0.2, 0) is 6.54 Å². The number of nitrogens with one attached hydrogen (secondary N) is 1. The van der Waals surface area contributed by atoms with Crippen molar-refractivity contribution in [3.8, 4) is 11.1 Å². The molecule has 0 heterocycles. The molecule has 1 N–H and O–H groups in total. The molecule has 1 saturated carbocycles. The molecule has 0 bridgehead atoms. The van der Waals surface area contributed by atoms with Gasteiger partial charge in [0, 0.05) is 12.6 Å². The van der Waals surface area contributed by atoms with Gasteiger partial charge in [-0.15, -0.1) is 0 Å². The zero-order valence-corrected chi connectivity index (χ0v) is 10.8. The minimum absolute atomic E-state index is 0.770. The SMILES string of the molecule is Cc1ccc(CNC2CC2)cc1-c1ccccc1. The van der Waals surface area contributed by atoms with Crippen molar-refractivity contribution < 1.29 is 0 Å². The topological polar surface area (TPSA) is 12.0 Å². The van der Waals surface area contributed by atoms with Gasteiger partial charge in [0.2, 0.25) is 0 Å². The second-order valence-electron chi connectivity index (χ2n) is 5.17. The Hall–Kier alpha value is -1.60. The third kappa shape index (κ3) is 2.62. The van der Waals surface area contributed by atoms with Gasteiger partial charge in [-0.3, -0.25) is 0 Å². The van der Waals surface area contributed by atoms with E-state index >= 15 is 0 Å². The van der Waals surface area contributed by atoms with Gasteiger partial charge in [0.05, 0.1) is 0 Å². The molecule has 2 aromatic carbocycles. The second-order valence-corrected chi connectivity index (χ2v) is 5.17. The molecule has 0 unspecified atom stereocenters. The van der Waals surface area contributed by atoms with E-state index in [9.17, 15) is 0 Å². The molecule has 18 heavy (non-hydrogen) atoms. The number of aryl methyl sites for hydroxylation is 1. The lowest BCUT2D eigenvalue weighted by Gasteiger charge is -2.10. The van der Waals surface area contributed by atoms with Crippen LogP contribution in [0, 0.1) is 6.92 Å². The van der Waals surface area contributed by atoms with Crippen molar-refractivity contribution in [2.45, 2.75) is 32.4 Å². The van der Waals surface area contributed by atoms with E-state index in [1.807, 2.05) is 0 Å². The monoisotopic (exact) mass is 237 g/mol. The van der Waals surface area contributed by atoms with Crippen molar-refractivity contribution >= 4 is 0 Å². The molecule has 1 nitrogen and oxygen atoms in total. The zero-order valence-electron chi connectivity index (χ0n) is 10.8. The predicted octanol–water partition coefficient (Wildman–Crippen LogP) is 3.91. The maximum Gasteiger partial charge on any atom is 0.0208 e. The molecule has 1 aliphatic carbocycles. The highest BCUT2D eigenvalue weighted by Crippen LogP contribution is 2.25. The fourth-order valence-electron chi connectivity index (χ4n) is 2.26. The third-order valence-corrected chi connectivity index (χ3v) is 3.56. The highest BCUT2D eigenvalue weighted by molar-refractivity contribution is 5.67. The summed E-state index contributed by atoms with van der Waals surface area (Å²) < 4.78 is 0. The molecule has 1 heteroatoms. The smallest absolute Gasteiger partial charge is 0.0208 e. The van der Waals surface area contributed by atoms with E-state index in [2.05, 4.69) is 60.8 Å². The first-order valence-corrected chi connectivity index (χ1v) is 6.71. The van der Waals surface area contributed by atoms with Gasteiger partial charge in [0.1, 0.15) is 0 Å². The van der Waals surface area contributed by atoms with Crippen molar-refractivity contribution in [2.24, 2.45) is 0 Å². The van der Waals surface area contributed by atoms with E-state index in [4.69, 9.17) is 0 Å². The summed E-state index contributed by atoms with van der Waals surface area (Å²) in [6, 6.07) is 18.2. The van der Waals surface area contributed by atoms with Gasteiger partial charge in [0.25, 0.3) is 0 Å². The lowest BCUT2D eigenvalue weighted by molar-refractivity contribution is 0.688. The van der Waals surface area contributed by atoms with Crippen molar-refractivity contribution in [1.29, 1.82) is 0 Å². The molecule has 0 atom stereocenters. The third-order valence-electron chi connectivity index (χ3n) is 3.56. The molecular formula is C17H19N. The van der Waals surface area contributed by atoms with Crippen molar-refractivity contribution in [3.63, 3.8) is 0 Å². The Bertz CT molecular complexity index is 527. The summed E-state index contributed by atoms with van der Waals surface area (Å²) in [6.45, 7) is 3.17. The van der Waals surface area contributed by atoms with Gasteiger partial charge in [0.15, 0.2) is 0 Å². The summed E-state index contributed by atoms with van der Waals surface area (Å²) in [5, 5.41) is 3.57. The predicted molar refractivity (Wildman–Crippen MR) is 76.5 cm³/mol. The largest absolute Gasteiger partial charge is 0.310 e. The average Bonchev–Trinajstić information content (AvgIpc) is 3.23. The summed E-state index contributed by atoms with van der Waals surface area (Å²) in [5.41, 5.74) is 5.39. The summed E-state index contributed by atoms with van der Waals surface area (Å²) in [6.07, 6.45) is 2.69. The molecular weight excluding hydrogens is 218 g/mol. The summed E-state index contributed by atoms with van der Waals surface area (Å²) in [5.74, 6) is 0. The highest BCUT2D eigenvalue weighted by Gasteiger charge is 2.19. The summed E-state index contributed by atoms with van der Waals surface area (Å²) >= 11 is 0. The maximum absolute atomic E-state index is 3.57. The fraction of sp³-hybridized carbons (Fsp3) is 0.294. The van der Waals surface area contributed by atoms with Crippen LogP contribution in [0.3, 0.4) is 0 Å². The summed E-state index contributed by atoms with van der Waals surface area (Å²) in [7, 11) is 0. The molecule has 0 aliphatic heterocycles. The van der Waals surface area contributed by atoms with Gasteiger partial charge in [-0.2, -0.15) is 0 Å². The quantitative estimate of drug-likeness (QED) is 0.850. The van der Waals surface area contributed by atoms with E-state index in [0.29, 0.717) is 0 Å². The number of hydrogen-bond donors (Lipinski definition) is 1. The van der Waals surface area contributed by atoms with Crippen molar-refractivity contribution in [2.75, 3.05) is 0 Å². The van der Waals surface area contributed by atoms with E-state index in [1.165, 1.54) is 35.1 Å². The van der Waals surface area contributed by atoms with Crippen LogP contribution in [0.5, 0.6) is 0 Å². The standard InChI is InChI=1S/C17H19N/c1-13-7-8-14(12-18-16-9-10-16)11-17(13)15-5-3-2-4-6-15/h2-8,11,16,18H,9-10,12H2,1H3. The Morgan fingerprint density at radius 1 is 1.06 bits per heavy atom. The van der Waals surface area contributed by atoms with E-state index in [0.717, 1.165) is 12.6 Å². The number of benzene rings is 2. The Kier molecular flexibility index (Phi) is 3.16. The van der Waals surface area contributed by atoms with Crippen LogP contribution in [0.15, 0.2) is 48.5 Å². The van der Waals surface area contributed by atoms with E-state index < -0.39 is 0 Å². The lowest BCUT2D eigenvalue weighted by atomic mass is 9.98. The first-order chi connectivity index (χ1) is 8.83. The Labute approximate surface area is 109 Å². The lowest BCUT2D eigenvalue weighted by Crippen LogP contribution is -2.15. The highest BCUT2D eigenvalue weighted by atomic mass is 14.9. The molecule has 0 saturated heterocycles. The van der Waals surface area contributed by atoms with E-state index in [1.54, 1.807) is 0 Å². The molecule has 1 aliphatic rings. The minimum atomic E-state index is 0.770. The van der Waals surface area contributed by atoms with Gasteiger partial charge in [-0.25, -0.2) is 0 Å². The van der Waals surface area contributed by atoms with Crippen LogP contribution in [-0.4, -0.2) is 6.04 Å². The molecule has 2 aromatic rings. The Balaban J connectivity index is 1.85. The number of rotatable bonds is 4. The minimum Gasteiger partial charge on any atom is -0.310 e. The van der Waals surface area contributed by atoms with Gasteiger partial charge >= 0.3 is 0 Å². The molecule has 0 spiro atoms. The molecule has 1 fully saturated rings. The van der Waals surface area contributed by atoms with Crippen molar-refractivity contribution in [1.82, 2.24) is 5.32 Å². The first kappa shape index (κ1) is 11.5. The fourth-order valence-corrected chi connectivity index (χ4v) is 2.26. The molecule has 92 valence electrons. The van der Waals surface area contributed by atoms with Crippen LogP contribution in [0.1, 0.15) is 24.0 Å². The average molecular weight is 237 g/mol. The van der Waals surface area contributed by atoms with Gasteiger partial charge in [-0.1, -0.05) is 42.5 Å². The maximum atomic E-state index is 3.57. The first-order valence-electron chi connectivity index (χ1n) is 6.71. The van der Waals surface area contributed by atoms with Crippen LogP contribution in [0.2, 0.25) is 0 Å². The molecule has 3 rings (SSSR count). The van der Waals surface area contributed by atoms with Crippen LogP contribution >= 0.6 is 0 Å². The molecule has 0 radical (unpaired) electrons.